The van der Waals surface area contributed by atoms with Gasteiger partial charge in [-0.1, -0.05) is 48.0 Å². The van der Waals surface area contributed by atoms with Crippen LogP contribution in [0.3, 0.4) is 0 Å². The first kappa shape index (κ1) is 14.5. The predicted molar refractivity (Wildman–Crippen MR) is 82.1 cm³/mol. The molecule has 1 heterocycles. The summed E-state index contributed by atoms with van der Waals surface area (Å²) in [4.78, 5) is 38.0. The molecule has 2 amide bonds. The summed E-state index contributed by atoms with van der Waals surface area (Å²) in [7, 11) is 0. The van der Waals surface area contributed by atoms with Gasteiger partial charge in [0.2, 0.25) is 5.78 Å². The first-order chi connectivity index (χ1) is 10.5. The van der Waals surface area contributed by atoms with E-state index in [1.165, 1.54) is 0 Å². The molecule has 0 radical (unpaired) electrons. The average molecular weight is 314 g/mol. The summed E-state index contributed by atoms with van der Waals surface area (Å²) in [5, 5.41) is 0. The number of hydrogen-bond acceptors (Lipinski definition) is 3. The second-order valence-electron chi connectivity index (χ2n) is 5.04. The number of benzene rings is 2. The zero-order valence-electron chi connectivity index (χ0n) is 11.7. The summed E-state index contributed by atoms with van der Waals surface area (Å²) >= 11 is 6.16. The van der Waals surface area contributed by atoms with E-state index in [9.17, 15) is 14.4 Å². The molecule has 0 N–H and O–H groups in total. The number of nitrogens with zero attached hydrogens (tertiary/aromatic N) is 1. The first-order valence-electron chi connectivity index (χ1n) is 6.73. The molecule has 2 aromatic rings. The Balaban J connectivity index is 1.96. The highest BCUT2D eigenvalue weighted by atomic mass is 35.5. The Bertz CT molecular complexity index is 765. The lowest BCUT2D eigenvalue weighted by atomic mass is 10.0. The van der Waals surface area contributed by atoms with Gasteiger partial charge in [0, 0.05) is 5.56 Å². The molecule has 4 nitrogen and oxygen atoms in total. The molecule has 0 aromatic heterocycles. The molecule has 1 aliphatic rings. The van der Waals surface area contributed by atoms with Gasteiger partial charge in [-0.05, 0) is 24.6 Å². The summed E-state index contributed by atoms with van der Waals surface area (Å²) in [6.45, 7) is 1.78. The van der Waals surface area contributed by atoms with E-state index in [1.54, 1.807) is 55.5 Å². The number of halogens is 1. The molecular weight excluding hydrogens is 302 g/mol. The maximum Gasteiger partial charge on any atom is 0.263 e. The number of carbonyl (C=O) groups is 3. The van der Waals surface area contributed by atoms with Gasteiger partial charge in [-0.2, -0.15) is 0 Å². The average Bonchev–Trinajstić information content (AvgIpc) is 2.78. The van der Waals surface area contributed by atoms with Crippen LogP contribution in [0.15, 0.2) is 48.5 Å². The second kappa shape index (κ2) is 5.39. The monoisotopic (exact) mass is 313 g/mol. The van der Waals surface area contributed by atoms with E-state index >= 15 is 0 Å². The molecule has 1 atom stereocenters. The Hall–Kier alpha value is -2.46. The summed E-state index contributed by atoms with van der Waals surface area (Å²) in [6, 6.07) is 13.4. The van der Waals surface area contributed by atoms with Crippen LogP contribution in [0.5, 0.6) is 0 Å². The van der Waals surface area contributed by atoms with Gasteiger partial charge < -0.3 is 0 Å². The van der Waals surface area contributed by atoms with E-state index in [2.05, 4.69) is 0 Å². The molecule has 3 rings (SSSR count). The Morgan fingerprint density at radius 2 is 1.45 bits per heavy atom. The van der Waals surface area contributed by atoms with Gasteiger partial charge in [0.1, 0.15) is 0 Å². The molecule has 0 aliphatic carbocycles. The fraction of sp³-hybridized carbons (Fsp3) is 0.118. The second-order valence-corrected chi connectivity index (χ2v) is 5.45. The highest BCUT2D eigenvalue weighted by Crippen LogP contribution is 2.27. The number of alkyl halides is 1. The fourth-order valence-corrected chi connectivity index (χ4v) is 2.80. The van der Waals surface area contributed by atoms with Crippen molar-refractivity contribution in [2.75, 3.05) is 0 Å². The third-order valence-electron chi connectivity index (χ3n) is 3.68. The van der Waals surface area contributed by atoms with Crippen molar-refractivity contribution in [2.45, 2.75) is 12.4 Å². The van der Waals surface area contributed by atoms with E-state index in [1.807, 2.05) is 0 Å². The summed E-state index contributed by atoms with van der Waals surface area (Å²) < 4.78 is 0. The highest BCUT2D eigenvalue weighted by molar-refractivity contribution is 6.38. The van der Waals surface area contributed by atoms with Crippen molar-refractivity contribution in [3.8, 4) is 0 Å². The molecule has 0 bridgehead atoms. The number of imide groups is 1. The van der Waals surface area contributed by atoms with Gasteiger partial charge in [0.15, 0.2) is 5.50 Å². The zero-order chi connectivity index (χ0) is 15.9. The van der Waals surface area contributed by atoms with Crippen LogP contribution in [-0.2, 0) is 0 Å². The van der Waals surface area contributed by atoms with E-state index in [-0.39, 0.29) is 11.1 Å². The van der Waals surface area contributed by atoms with Gasteiger partial charge >= 0.3 is 0 Å². The lowest BCUT2D eigenvalue weighted by Crippen LogP contribution is -2.41. The van der Waals surface area contributed by atoms with Crippen LogP contribution in [-0.4, -0.2) is 28.0 Å². The van der Waals surface area contributed by atoms with E-state index < -0.39 is 23.1 Å². The van der Waals surface area contributed by atoms with Crippen LogP contribution in [0.2, 0.25) is 0 Å². The minimum absolute atomic E-state index is 0.274. The summed E-state index contributed by atoms with van der Waals surface area (Å²) in [5.41, 5.74) is 0.341. The van der Waals surface area contributed by atoms with Crippen LogP contribution >= 0.6 is 11.6 Å². The molecule has 110 valence electrons. The molecule has 5 heteroatoms. The standard InChI is InChI=1S/C17H12ClNO3/c1-10-6-2-3-7-11(10)14(20)15(18)19-16(21)12-8-4-5-9-13(12)17(19)22/h2-9,15H,1H3. The summed E-state index contributed by atoms with van der Waals surface area (Å²) in [5.74, 6) is -1.54. The molecule has 2 aromatic carbocycles. The molecule has 1 unspecified atom stereocenters. The van der Waals surface area contributed by atoms with Crippen molar-refractivity contribution in [3.63, 3.8) is 0 Å². The predicted octanol–water partition coefficient (Wildman–Crippen LogP) is 3.04. The molecule has 22 heavy (non-hydrogen) atoms. The maximum atomic E-state index is 12.5. The minimum Gasteiger partial charge on any atom is -0.290 e. The Labute approximate surface area is 132 Å². The number of rotatable bonds is 3. The lowest BCUT2D eigenvalue weighted by molar-refractivity contribution is 0.0597. The maximum absolute atomic E-state index is 12.5. The molecule has 0 spiro atoms. The number of carbonyl (C=O) groups excluding carboxylic acids is 3. The van der Waals surface area contributed by atoms with Crippen LogP contribution in [0.4, 0.5) is 0 Å². The number of fused-ring (bicyclic) bond motifs is 1. The molecule has 0 saturated heterocycles. The Morgan fingerprint density at radius 3 is 2.00 bits per heavy atom. The topological polar surface area (TPSA) is 54.5 Å². The number of Topliss-reactive ketones (excluding diaryl/α,β-unsaturated/α-hetero) is 1. The van der Waals surface area contributed by atoms with Gasteiger partial charge in [-0.25, -0.2) is 4.90 Å². The van der Waals surface area contributed by atoms with Crippen LogP contribution in [0, 0.1) is 6.92 Å². The van der Waals surface area contributed by atoms with E-state index in [0.717, 1.165) is 10.5 Å². The number of ketones is 1. The number of hydrogen-bond donors (Lipinski definition) is 0. The molecule has 1 aliphatic heterocycles. The van der Waals surface area contributed by atoms with Crippen molar-refractivity contribution in [1.82, 2.24) is 4.90 Å². The lowest BCUT2D eigenvalue weighted by Gasteiger charge is -2.20. The SMILES string of the molecule is Cc1ccccc1C(=O)C(Cl)N1C(=O)c2ccccc2C1=O. The normalized spacial score (nSPS) is 14.9. The van der Waals surface area contributed by atoms with Crippen LogP contribution in [0.1, 0.15) is 36.6 Å². The van der Waals surface area contributed by atoms with Crippen molar-refractivity contribution < 1.29 is 14.4 Å². The highest BCUT2D eigenvalue weighted by Gasteiger charge is 2.42. The smallest absolute Gasteiger partial charge is 0.263 e. The van der Waals surface area contributed by atoms with Gasteiger partial charge in [-0.3, -0.25) is 14.4 Å². The Kier molecular flexibility index (Phi) is 3.54. The summed E-state index contributed by atoms with van der Waals surface area (Å²) in [6.07, 6.45) is 0. The van der Waals surface area contributed by atoms with Crippen LogP contribution in [0.25, 0.3) is 0 Å². The first-order valence-corrected chi connectivity index (χ1v) is 7.17. The van der Waals surface area contributed by atoms with Gasteiger partial charge in [0.25, 0.3) is 11.8 Å². The van der Waals surface area contributed by atoms with Crippen molar-refractivity contribution >= 4 is 29.2 Å². The molecule has 0 fully saturated rings. The van der Waals surface area contributed by atoms with Crippen LogP contribution < -0.4 is 0 Å². The number of aryl methyl sites for hydroxylation is 1. The minimum atomic E-state index is -1.35. The molecule has 0 saturated carbocycles. The van der Waals surface area contributed by atoms with Crippen molar-refractivity contribution in [3.05, 3.63) is 70.8 Å². The molecular formula is C17H12ClNO3. The largest absolute Gasteiger partial charge is 0.290 e. The Morgan fingerprint density at radius 1 is 0.955 bits per heavy atom. The van der Waals surface area contributed by atoms with Crippen molar-refractivity contribution in [2.24, 2.45) is 0 Å². The third-order valence-corrected chi connectivity index (χ3v) is 4.07. The fourth-order valence-electron chi connectivity index (χ4n) is 2.51. The number of amides is 2. The van der Waals surface area contributed by atoms with E-state index in [0.29, 0.717) is 5.56 Å². The quantitative estimate of drug-likeness (QED) is 0.379. The van der Waals surface area contributed by atoms with Gasteiger partial charge in [0.05, 0.1) is 11.1 Å². The van der Waals surface area contributed by atoms with E-state index in [4.69, 9.17) is 11.6 Å². The zero-order valence-corrected chi connectivity index (χ0v) is 12.5. The van der Waals surface area contributed by atoms with Gasteiger partial charge in [-0.15, -0.1) is 0 Å². The van der Waals surface area contributed by atoms with Crippen molar-refractivity contribution in [1.29, 1.82) is 0 Å². The third kappa shape index (κ3) is 2.12.